The van der Waals surface area contributed by atoms with Crippen LogP contribution in [0.25, 0.3) is 0 Å². The molecule has 0 fully saturated rings. The first-order valence-electron chi connectivity index (χ1n) is 5.62. The molecule has 0 amide bonds. The van der Waals surface area contributed by atoms with Crippen LogP contribution in [0.1, 0.15) is 23.1 Å². The highest BCUT2D eigenvalue weighted by atomic mass is 16.4. The Balaban J connectivity index is 2.49. The van der Waals surface area contributed by atoms with E-state index in [9.17, 15) is 9.90 Å². The SMILES string of the molecule is C#CCNC1(C(=O)O)CCc2ccc(C)cc21. The van der Waals surface area contributed by atoms with Crippen molar-refractivity contribution >= 4 is 5.97 Å². The number of hydrogen-bond donors (Lipinski definition) is 2. The molecule has 0 spiro atoms. The normalized spacial score (nSPS) is 21.9. The number of carboxylic acid groups (broad SMARTS) is 1. The highest BCUT2D eigenvalue weighted by molar-refractivity contribution is 5.82. The fraction of sp³-hybridized carbons (Fsp3) is 0.357. The van der Waals surface area contributed by atoms with Gasteiger partial charge in [-0.3, -0.25) is 5.32 Å². The molecule has 17 heavy (non-hydrogen) atoms. The summed E-state index contributed by atoms with van der Waals surface area (Å²) >= 11 is 0. The fourth-order valence-corrected chi connectivity index (χ4v) is 2.45. The maximum Gasteiger partial charge on any atom is 0.328 e. The molecule has 3 nitrogen and oxygen atoms in total. The lowest BCUT2D eigenvalue weighted by atomic mass is 9.91. The number of benzene rings is 1. The molecule has 0 aliphatic heterocycles. The number of rotatable bonds is 3. The summed E-state index contributed by atoms with van der Waals surface area (Å²) in [4.78, 5) is 11.6. The van der Waals surface area contributed by atoms with Crippen molar-refractivity contribution in [2.45, 2.75) is 25.3 Å². The van der Waals surface area contributed by atoms with E-state index in [1.807, 2.05) is 25.1 Å². The Hall–Kier alpha value is -1.79. The van der Waals surface area contributed by atoms with Crippen molar-refractivity contribution in [3.05, 3.63) is 34.9 Å². The van der Waals surface area contributed by atoms with Crippen LogP contribution in [0.3, 0.4) is 0 Å². The summed E-state index contributed by atoms with van der Waals surface area (Å²) in [6, 6.07) is 5.96. The van der Waals surface area contributed by atoms with Gasteiger partial charge in [-0.1, -0.05) is 29.7 Å². The van der Waals surface area contributed by atoms with E-state index in [0.717, 1.165) is 23.1 Å². The fourth-order valence-electron chi connectivity index (χ4n) is 2.45. The second-order valence-corrected chi connectivity index (χ2v) is 4.43. The highest BCUT2D eigenvalue weighted by Gasteiger charge is 2.45. The molecule has 1 aliphatic carbocycles. The molecule has 0 bridgehead atoms. The van der Waals surface area contributed by atoms with Crippen LogP contribution in [-0.2, 0) is 16.8 Å². The number of aliphatic carboxylic acids is 1. The van der Waals surface area contributed by atoms with Crippen LogP contribution >= 0.6 is 0 Å². The molecule has 2 rings (SSSR count). The van der Waals surface area contributed by atoms with Crippen molar-refractivity contribution in [2.24, 2.45) is 0 Å². The zero-order chi connectivity index (χ0) is 12.5. The molecule has 1 aromatic rings. The standard InChI is InChI=1S/C14H15NO2/c1-3-8-15-14(13(16)17)7-6-11-5-4-10(2)9-12(11)14/h1,4-5,9,15H,6-8H2,2H3,(H,16,17). The van der Waals surface area contributed by atoms with Crippen molar-refractivity contribution < 1.29 is 9.90 Å². The molecule has 3 heteroatoms. The molecule has 1 aromatic carbocycles. The van der Waals surface area contributed by atoms with Crippen molar-refractivity contribution in [3.8, 4) is 12.3 Å². The highest BCUT2D eigenvalue weighted by Crippen LogP contribution is 2.37. The zero-order valence-electron chi connectivity index (χ0n) is 9.79. The van der Waals surface area contributed by atoms with Crippen LogP contribution in [0.2, 0.25) is 0 Å². The largest absolute Gasteiger partial charge is 0.480 e. The van der Waals surface area contributed by atoms with Gasteiger partial charge in [0.15, 0.2) is 0 Å². The lowest BCUT2D eigenvalue weighted by Gasteiger charge is -2.26. The summed E-state index contributed by atoms with van der Waals surface area (Å²) in [5.74, 6) is 1.60. The van der Waals surface area contributed by atoms with Gasteiger partial charge in [0.05, 0.1) is 6.54 Å². The van der Waals surface area contributed by atoms with Crippen molar-refractivity contribution in [1.29, 1.82) is 0 Å². The van der Waals surface area contributed by atoms with Crippen LogP contribution in [-0.4, -0.2) is 17.6 Å². The van der Waals surface area contributed by atoms with Gasteiger partial charge in [-0.25, -0.2) is 4.79 Å². The van der Waals surface area contributed by atoms with Gasteiger partial charge in [-0.05, 0) is 30.9 Å². The first-order valence-corrected chi connectivity index (χ1v) is 5.62. The van der Waals surface area contributed by atoms with E-state index in [1.165, 1.54) is 0 Å². The molecule has 0 heterocycles. The quantitative estimate of drug-likeness (QED) is 0.771. The number of carbonyl (C=O) groups is 1. The third kappa shape index (κ3) is 1.81. The lowest BCUT2D eigenvalue weighted by Crippen LogP contribution is -2.47. The Labute approximate surface area is 101 Å². The molecule has 1 atom stereocenters. The third-order valence-corrected chi connectivity index (χ3v) is 3.35. The minimum absolute atomic E-state index is 0.264. The van der Waals surface area contributed by atoms with E-state index in [2.05, 4.69) is 11.2 Å². The lowest BCUT2D eigenvalue weighted by molar-refractivity contribution is -0.145. The summed E-state index contributed by atoms with van der Waals surface area (Å²) < 4.78 is 0. The molecular weight excluding hydrogens is 214 g/mol. The molecule has 2 N–H and O–H groups in total. The minimum atomic E-state index is -1.01. The van der Waals surface area contributed by atoms with E-state index in [4.69, 9.17) is 6.42 Å². The summed E-state index contributed by atoms with van der Waals surface area (Å²) in [6.45, 7) is 2.23. The van der Waals surface area contributed by atoms with E-state index >= 15 is 0 Å². The minimum Gasteiger partial charge on any atom is -0.480 e. The van der Waals surface area contributed by atoms with Crippen molar-refractivity contribution in [2.75, 3.05) is 6.54 Å². The van der Waals surface area contributed by atoms with Gasteiger partial charge in [0.1, 0.15) is 5.54 Å². The van der Waals surface area contributed by atoms with Crippen LogP contribution in [0, 0.1) is 19.3 Å². The Kier molecular flexibility index (Phi) is 2.91. The van der Waals surface area contributed by atoms with Gasteiger partial charge in [0, 0.05) is 0 Å². The maximum atomic E-state index is 11.6. The smallest absolute Gasteiger partial charge is 0.328 e. The summed E-state index contributed by atoms with van der Waals surface area (Å²) in [6.07, 6.45) is 6.55. The second-order valence-electron chi connectivity index (χ2n) is 4.43. The predicted molar refractivity (Wildman–Crippen MR) is 65.6 cm³/mol. The predicted octanol–water partition coefficient (Wildman–Crippen LogP) is 1.44. The molecule has 88 valence electrons. The first-order chi connectivity index (χ1) is 8.10. The van der Waals surface area contributed by atoms with Crippen LogP contribution in [0.15, 0.2) is 18.2 Å². The number of aryl methyl sites for hydroxylation is 2. The summed E-state index contributed by atoms with van der Waals surface area (Å²) in [7, 11) is 0. The average molecular weight is 229 g/mol. The summed E-state index contributed by atoms with van der Waals surface area (Å²) in [5, 5.41) is 12.5. The van der Waals surface area contributed by atoms with E-state index in [-0.39, 0.29) is 6.54 Å². The van der Waals surface area contributed by atoms with Crippen molar-refractivity contribution in [3.63, 3.8) is 0 Å². The monoisotopic (exact) mass is 229 g/mol. The van der Waals surface area contributed by atoms with Gasteiger partial charge >= 0.3 is 5.97 Å². The van der Waals surface area contributed by atoms with Gasteiger partial charge < -0.3 is 5.11 Å². The molecule has 1 unspecified atom stereocenters. The number of hydrogen-bond acceptors (Lipinski definition) is 2. The van der Waals surface area contributed by atoms with Gasteiger partial charge in [-0.15, -0.1) is 6.42 Å². The van der Waals surface area contributed by atoms with E-state index < -0.39 is 11.5 Å². The molecule has 0 radical (unpaired) electrons. The number of nitrogens with one attached hydrogen (secondary N) is 1. The second kappa shape index (κ2) is 4.23. The third-order valence-electron chi connectivity index (χ3n) is 3.35. The Bertz CT molecular complexity index is 501. The summed E-state index contributed by atoms with van der Waals surface area (Å²) in [5.41, 5.74) is 2.02. The van der Waals surface area contributed by atoms with Gasteiger partial charge in [0.25, 0.3) is 0 Å². The molecular formula is C14H15NO2. The van der Waals surface area contributed by atoms with Crippen LogP contribution in [0.5, 0.6) is 0 Å². The zero-order valence-corrected chi connectivity index (χ0v) is 9.79. The number of carboxylic acids is 1. The van der Waals surface area contributed by atoms with E-state index in [1.54, 1.807) is 0 Å². The molecule has 0 saturated carbocycles. The van der Waals surface area contributed by atoms with Gasteiger partial charge in [-0.2, -0.15) is 0 Å². The van der Waals surface area contributed by atoms with Crippen molar-refractivity contribution in [1.82, 2.24) is 5.32 Å². The van der Waals surface area contributed by atoms with Gasteiger partial charge in [0.2, 0.25) is 0 Å². The number of terminal acetylenes is 1. The Morgan fingerprint density at radius 2 is 2.41 bits per heavy atom. The van der Waals surface area contributed by atoms with Crippen LogP contribution < -0.4 is 5.32 Å². The van der Waals surface area contributed by atoms with E-state index in [0.29, 0.717) is 6.42 Å². The molecule has 0 saturated heterocycles. The average Bonchev–Trinajstić information content (AvgIpc) is 2.66. The first kappa shape index (κ1) is 11.7. The Morgan fingerprint density at radius 1 is 1.65 bits per heavy atom. The molecule has 0 aromatic heterocycles. The maximum absolute atomic E-state index is 11.6. The Morgan fingerprint density at radius 3 is 3.06 bits per heavy atom. The number of fused-ring (bicyclic) bond motifs is 1. The molecule has 1 aliphatic rings. The topological polar surface area (TPSA) is 49.3 Å². The van der Waals surface area contributed by atoms with Crippen LogP contribution in [0.4, 0.5) is 0 Å².